The van der Waals surface area contributed by atoms with Crippen molar-refractivity contribution in [3.8, 4) is 5.75 Å². The quantitative estimate of drug-likeness (QED) is 0.591. The van der Waals surface area contributed by atoms with Crippen molar-refractivity contribution in [3.05, 3.63) is 65.4 Å². The lowest BCUT2D eigenvalue weighted by Gasteiger charge is -2.12. The Labute approximate surface area is 160 Å². The largest absolute Gasteiger partial charge is 0.491 e. The highest BCUT2D eigenvalue weighted by atomic mass is 16.5. The maximum atomic E-state index is 5.67. The van der Waals surface area contributed by atoms with Gasteiger partial charge in [-0.3, -0.25) is 0 Å². The Kier molecular flexibility index (Phi) is 5.60. The molecular formula is C22H26N4O. The summed E-state index contributed by atoms with van der Waals surface area (Å²) in [5, 5.41) is 6.63. The van der Waals surface area contributed by atoms with Gasteiger partial charge in [-0.2, -0.15) is 4.98 Å². The van der Waals surface area contributed by atoms with Crippen LogP contribution in [-0.4, -0.2) is 16.1 Å². The van der Waals surface area contributed by atoms with Crippen LogP contribution in [0.5, 0.6) is 5.75 Å². The first-order valence-electron chi connectivity index (χ1n) is 9.12. The summed E-state index contributed by atoms with van der Waals surface area (Å²) in [6, 6.07) is 16.1. The van der Waals surface area contributed by atoms with Crippen molar-refractivity contribution in [1.29, 1.82) is 0 Å². The van der Waals surface area contributed by atoms with Crippen molar-refractivity contribution in [2.75, 3.05) is 10.6 Å². The average Bonchev–Trinajstić information content (AvgIpc) is 2.54. The maximum Gasteiger partial charge on any atom is 0.229 e. The molecule has 0 amide bonds. The number of anilines is 4. The molecule has 0 aliphatic carbocycles. The molecule has 0 unspecified atom stereocenters. The zero-order valence-corrected chi connectivity index (χ0v) is 16.5. The van der Waals surface area contributed by atoms with E-state index in [1.54, 1.807) is 0 Å². The molecule has 140 valence electrons. The summed E-state index contributed by atoms with van der Waals surface area (Å²) in [4.78, 5) is 9.07. The average molecular weight is 362 g/mol. The molecule has 3 rings (SSSR count). The fourth-order valence-electron chi connectivity index (χ4n) is 2.90. The van der Waals surface area contributed by atoms with Gasteiger partial charge in [-0.05, 0) is 82.1 Å². The van der Waals surface area contributed by atoms with Crippen LogP contribution < -0.4 is 15.4 Å². The zero-order chi connectivity index (χ0) is 19.4. The minimum absolute atomic E-state index is 0.155. The maximum absolute atomic E-state index is 5.67. The third-order valence-corrected chi connectivity index (χ3v) is 3.83. The van der Waals surface area contributed by atoms with E-state index in [1.807, 2.05) is 51.1 Å². The first kappa shape index (κ1) is 18.7. The molecule has 0 fully saturated rings. The lowest BCUT2D eigenvalue weighted by molar-refractivity contribution is 0.242. The van der Waals surface area contributed by atoms with Crippen LogP contribution in [0.25, 0.3) is 0 Å². The van der Waals surface area contributed by atoms with Crippen LogP contribution in [0.4, 0.5) is 23.1 Å². The normalized spacial score (nSPS) is 10.7. The van der Waals surface area contributed by atoms with E-state index >= 15 is 0 Å². The Morgan fingerprint density at radius 2 is 1.44 bits per heavy atom. The van der Waals surface area contributed by atoms with Gasteiger partial charge in [0.15, 0.2) is 0 Å². The number of hydrogen-bond donors (Lipinski definition) is 2. The van der Waals surface area contributed by atoms with Gasteiger partial charge >= 0.3 is 0 Å². The molecule has 3 aromatic rings. The molecule has 27 heavy (non-hydrogen) atoms. The monoisotopic (exact) mass is 362 g/mol. The Hall–Kier alpha value is -3.08. The molecule has 2 aromatic carbocycles. The second kappa shape index (κ2) is 8.08. The Morgan fingerprint density at radius 3 is 2.07 bits per heavy atom. The van der Waals surface area contributed by atoms with E-state index in [4.69, 9.17) is 4.74 Å². The molecule has 1 heterocycles. The van der Waals surface area contributed by atoms with Gasteiger partial charge in [0.25, 0.3) is 0 Å². The van der Waals surface area contributed by atoms with Crippen LogP contribution in [0.1, 0.15) is 30.7 Å². The number of nitrogens with zero attached hydrogens (tertiary/aromatic N) is 2. The molecule has 0 saturated heterocycles. The number of aryl methyl sites for hydroxylation is 3. The fourth-order valence-corrected chi connectivity index (χ4v) is 2.90. The van der Waals surface area contributed by atoms with Crippen molar-refractivity contribution < 1.29 is 4.74 Å². The van der Waals surface area contributed by atoms with Crippen LogP contribution in [0.2, 0.25) is 0 Å². The fraction of sp³-hybridized carbons (Fsp3) is 0.273. The van der Waals surface area contributed by atoms with Crippen molar-refractivity contribution >= 4 is 23.1 Å². The third kappa shape index (κ3) is 5.45. The predicted molar refractivity (Wildman–Crippen MR) is 111 cm³/mol. The minimum atomic E-state index is 0.155. The zero-order valence-electron chi connectivity index (χ0n) is 16.5. The van der Waals surface area contributed by atoms with Crippen molar-refractivity contribution in [3.63, 3.8) is 0 Å². The van der Waals surface area contributed by atoms with Gasteiger partial charge in [0.2, 0.25) is 5.95 Å². The molecule has 2 N–H and O–H groups in total. The number of nitrogens with one attached hydrogen (secondary N) is 2. The van der Waals surface area contributed by atoms with Crippen LogP contribution in [0.3, 0.4) is 0 Å². The molecule has 0 saturated carbocycles. The summed E-state index contributed by atoms with van der Waals surface area (Å²) >= 11 is 0. The number of benzene rings is 2. The second-order valence-corrected chi connectivity index (χ2v) is 7.04. The Bertz CT molecular complexity index is 900. The van der Waals surface area contributed by atoms with E-state index in [1.165, 1.54) is 11.1 Å². The van der Waals surface area contributed by atoms with E-state index in [0.29, 0.717) is 5.95 Å². The van der Waals surface area contributed by atoms with Gasteiger partial charge in [-0.15, -0.1) is 0 Å². The Morgan fingerprint density at radius 1 is 0.778 bits per heavy atom. The first-order valence-corrected chi connectivity index (χ1v) is 9.12. The smallest absolute Gasteiger partial charge is 0.229 e. The highest BCUT2D eigenvalue weighted by Gasteiger charge is 2.05. The van der Waals surface area contributed by atoms with E-state index < -0.39 is 0 Å². The summed E-state index contributed by atoms with van der Waals surface area (Å²) in [5.41, 5.74) is 5.25. The second-order valence-electron chi connectivity index (χ2n) is 7.04. The molecule has 0 spiro atoms. The third-order valence-electron chi connectivity index (χ3n) is 3.83. The number of rotatable bonds is 6. The molecule has 5 heteroatoms. The molecule has 1 aromatic heterocycles. The van der Waals surface area contributed by atoms with Gasteiger partial charge in [0.1, 0.15) is 11.6 Å². The molecule has 0 bridgehead atoms. The lowest BCUT2D eigenvalue weighted by atomic mass is 10.1. The summed E-state index contributed by atoms with van der Waals surface area (Å²) < 4.78 is 5.67. The first-order chi connectivity index (χ1) is 12.9. The van der Waals surface area contributed by atoms with Gasteiger partial charge in [0, 0.05) is 23.1 Å². The van der Waals surface area contributed by atoms with Crippen molar-refractivity contribution in [1.82, 2.24) is 9.97 Å². The molecule has 0 atom stereocenters. The van der Waals surface area contributed by atoms with Crippen LogP contribution in [-0.2, 0) is 0 Å². The van der Waals surface area contributed by atoms with Crippen molar-refractivity contribution in [2.45, 2.75) is 40.7 Å². The van der Waals surface area contributed by atoms with E-state index in [9.17, 15) is 0 Å². The van der Waals surface area contributed by atoms with Crippen LogP contribution in [0, 0.1) is 20.8 Å². The molecule has 0 aliphatic heterocycles. The number of aromatic nitrogens is 2. The van der Waals surface area contributed by atoms with Crippen LogP contribution in [0.15, 0.2) is 48.5 Å². The van der Waals surface area contributed by atoms with Gasteiger partial charge in [0.05, 0.1) is 6.10 Å². The summed E-state index contributed by atoms with van der Waals surface area (Å²) in [7, 11) is 0. The SMILES string of the molecule is Cc1cc(C)cc(Nc2cc(C)nc(Nc3ccc(OC(C)C)cc3)n2)c1. The minimum Gasteiger partial charge on any atom is -0.491 e. The molecular weight excluding hydrogens is 336 g/mol. The summed E-state index contributed by atoms with van der Waals surface area (Å²) in [5.74, 6) is 2.16. The highest BCUT2D eigenvalue weighted by Crippen LogP contribution is 2.22. The molecule has 0 radical (unpaired) electrons. The summed E-state index contributed by atoms with van der Waals surface area (Å²) in [6.45, 7) is 10.2. The highest BCUT2D eigenvalue weighted by molar-refractivity contribution is 5.61. The van der Waals surface area contributed by atoms with Gasteiger partial charge in [-0.1, -0.05) is 6.07 Å². The predicted octanol–water partition coefficient (Wildman–Crippen LogP) is 5.68. The van der Waals surface area contributed by atoms with E-state index in [0.717, 1.165) is 28.6 Å². The topological polar surface area (TPSA) is 59.1 Å². The van der Waals surface area contributed by atoms with E-state index in [-0.39, 0.29) is 6.10 Å². The molecule has 0 aliphatic rings. The standard InChI is InChI=1S/C22H26N4O/c1-14(2)27-20-8-6-18(7-9-20)25-22-23-17(5)13-21(26-22)24-19-11-15(3)10-16(4)12-19/h6-14H,1-5H3,(H2,23,24,25,26). The van der Waals surface area contributed by atoms with Crippen molar-refractivity contribution in [2.24, 2.45) is 0 Å². The van der Waals surface area contributed by atoms with Crippen LogP contribution >= 0.6 is 0 Å². The lowest BCUT2D eigenvalue weighted by Crippen LogP contribution is -2.05. The van der Waals surface area contributed by atoms with Gasteiger partial charge in [-0.25, -0.2) is 4.98 Å². The number of hydrogen-bond acceptors (Lipinski definition) is 5. The van der Waals surface area contributed by atoms with E-state index in [2.05, 4.69) is 52.6 Å². The van der Waals surface area contributed by atoms with Gasteiger partial charge < -0.3 is 15.4 Å². The molecule has 5 nitrogen and oxygen atoms in total. The summed E-state index contributed by atoms with van der Waals surface area (Å²) in [6.07, 6.45) is 0.155. The number of ether oxygens (including phenoxy) is 1. The Balaban J connectivity index is 1.76.